The molecule has 4 amide bonds. The quantitative estimate of drug-likeness (QED) is 0.786. The fraction of sp³-hybridized carbons (Fsp3) is 0.316. The number of benzene rings is 1. The first-order chi connectivity index (χ1) is 12.7. The van der Waals surface area contributed by atoms with Gasteiger partial charge in [0.2, 0.25) is 5.91 Å². The number of urea groups is 1. The van der Waals surface area contributed by atoms with Crippen molar-refractivity contribution in [2.75, 3.05) is 19.0 Å². The molecule has 1 aliphatic rings. The highest BCUT2D eigenvalue weighted by molar-refractivity contribution is 6.10. The second-order valence-corrected chi connectivity index (χ2v) is 6.55. The summed E-state index contributed by atoms with van der Waals surface area (Å²) in [5.41, 5.74) is -0.181. The number of aryl methyl sites for hydroxylation is 2. The molecule has 8 nitrogen and oxygen atoms in total. The van der Waals surface area contributed by atoms with E-state index < -0.39 is 29.9 Å². The average Bonchev–Trinajstić information content (AvgIpc) is 3.07. The molecule has 1 aromatic carbocycles. The summed E-state index contributed by atoms with van der Waals surface area (Å²) in [4.78, 5) is 38.5. The van der Waals surface area contributed by atoms with Crippen molar-refractivity contribution in [1.29, 1.82) is 0 Å². The largest absolute Gasteiger partial charge is 0.497 e. The molecule has 142 valence electrons. The third-order valence-corrected chi connectivity index (χ3v) is 4.51. The number of imide groups is 1. The molecule has 1 saturated heterocycles. The number of nitrogens with zero attached hydrogens (tertiary/aromatic N) is 1. The van der Waals surface area contributed by atoms with Crippen molar-refractivity contribution in [3.63, 3.8) is 0 Å². The molecular formula is C19H21N3O5. The molecule has 0 saturated carbocycles. The maximum Gasteiger partial charge on any atom is 0.325 e. The minimum absolute atomic E-state index is 0.395. The highest BCUT2D eigenvalue weighted by Gasteiger charge is 2.51. The summed E-state index contributed by atoms with van der Waals surface area (Å²) in [5, 5.41) is 5.32. The summed E-state index contributed by atoms with van der Waals surface area (Å²) >= 11 is 0. The third-order valence-electron chi connectivity index (χ3n) is 4.51. The van der Waals surface area contributed by atoms with Gasteiger partial charge >= 0.3 is 6.03 Å². The van der Waals surface area contributed by atoms with Gasteiger partial charge in [-0.3, -0.25) is 14.5 Å². The van der Waals surface area contributed by atoms with E-state index in [-0.39, 0.29) is 0 Å². The highest BCUT2D eigenvalue weighted by Crippen LogP contribution is 2.32. The number of carbonyl (C=O) groups excluding carboxylic acids is 3. The van der Waals surface area contributed by atoms with Gasteiger partial charge in [-0.15, -0.1) is 0 Å². The van der Waals surface area contributed by atoms with E-state index in [4.69, 9.17) is 9.15 Å². The van der Waals surface area contributed by atoms with Crippen molar-refractivity contribution >= 4 is 23.5 Å². The van der Waals surface area contributed by atoms with Crippen molar-refractivity contribution in [2.24, 2.45) is 0 Å². The number of anilines is 1. The summed E-state index contributed by atoms with van der Waals surface area (Å²) in [6.07, 6.45) is 0. The number of nitrogens with one attached hydrogen (secondary N) is 2. The van der Waals surface area contributed by atoms with Crippen LogP contribution in [-0.4, -0.2) is 36.4 Å². The lowest BCUT2D eigenvalue weighted by atomic mass is 9.92. The van der Waals surface area contributed by atoms with Gasteiger partial charge in [-0.25, -0.2) is 4.79 Å². The van der Waals surface area contributed by atoms with Crippen LogP contribution in [0.25, 0.3) is 0 Å². The summed E-state index contributed by atoms with van der Waals surface area (Å²) in [5.74, 6) is 0.779. The van der Waals surface area contributed by atoms with E-state index in [0.29, 0.717) is 28.5 Å². The molecule has 2 N–H and O–H groups in total. The monoisotopic (exact) mass is 371 g/mol. The molecule has 27 heavy (non-hydrogen) atoms. The number of rotatable bonds is 5. The van der Waals surface area contributed by atoms with Crippen LogP contribution >= 0.6 is 0 Å². The molecule has 1 aliphatic heterocycles. The van der Waals surface area contributed by atoms with Crippen LogP contribution in [0.3, 0.4) is 0 Å². The van der Waals surface area contributed by atoms with E-state index in [1.807, 2.05) is 0 Å². The van der Waals surface area contributed by atoms with E-state index in [1.165, 1.54) is 7.11 Å². The molecular weight excluding hydrogens is 350 g/mol. The number of hydrogen-bond acceptors (Lipinski definition) is 5. The van der Waals surface area contributed by atoms with E-state index in [9.17, 15) is 14.4 Å². The van der Waals surface area contributed by atoms with Gasteiger partial charge < -0.3 is 19.8 Å². The predicted octanol–water partition coefficient (Wildman–Crippen LogP) is 2.31. The lowest BCUT2D eigenvalue weighted by Crippen LogP contribution is -2.42. The van der Waals surface area contributed by atoms with Gasteiger partial charge in [0.25, 0.3) is 5.91 Å². The first-order valence-corrected chi connectivity index (χ1v) is 8.40. The topological polar surface area (TPSA) is 101 Å². The summed E-state index contributed by atoms with van der Waals surface area (Å²) in [6.45, 7) is 4.70. The second kappa shape index (κ2) is 6.79. The highest BCUT2D eigenvalue weighted by atomic mass is 16.5. The molecule has 0 bridgehead atoms. The standard InChI is InChI=1S/C19H21N3O5/c1-11-8-15(12(2)27-11)19(3)17(24)22(18(25)21-19)10-16(23)20-13-6-5-7-14(9-13)26-4/h5-9H,10H2,1-4H3,(H,20,23)(H,21,25)/t19-/m1/s1. The molecule has 2 aromatic rings. The smallest absolute Gasteiger partial charge is 0.325 e. The van der Waals surface area contributed by atoms with Crippen LogP contribution in [0.5, 0.6) is 5.75 Å². The first kappa shape index (κ1) is 18.5. The van der Waals surface area contributed by atoms with Crippen LogP contribution in [0.2, 0.25) is 0 Å². The zero-order valence-corrected chi connectivity index (χ0v) is 15.6. The van der Waals surface area contributed by atoms with Gasteiger partial charge in [0.1, 0.15) is 29.4 Å². The van der Waals surface area contributed by atoms with Crippen molar-refractivity contribution in [3.8, 4) is 5.75 Å². The van der Waals surface area contributed by atoms with Crippen molar-refractivity contribution in [3.05, 3.63) is 47.4 Å². The first-order valence-electron chi connectivity index (χ1n) is 8.40. The number of ether oxygens (including phenoxy) is 1. The van der Waals surface area contributed by atoms with E-state index in [0.717, 1.165) is 4.90 Å². The maximum atomic E-state index is 12.9. The van der Waals surface area contributed by atoms with Gasteiger partial charge in [0.05, 0.1) is 7.11 Å². The van der Waals surface area contributed by atoms with Gasteiger partial charge in [-0.2, -0.15) is 0 Å². The minimum atomic E-state index is -1.27. The normalized spacial score (nSPS) is 19.2. The van der Waals surface area contributed by atoms with Crippen LogP contribution in [0, 0.1) is 13.8 Å². The third kappa shape index (κ3) is 3.38. The SMILES string of the molecule is COc1cccc(NC(=O)CN2C(=O)N[C@](C)(c3cc(C)oc3C)C2=O)c1. The Hall–Kier alpha value is -3.29. The second-order valence-electron chi connectivity index (χ2n) is 6.55. The Kier molecular flexibility index (Phi) is 4.65. The van der Waals surface area contributed by atoms with Gasteiger partial charge in [0, 0.05) is 17.3 Å². The Labute approximate surface area is 156 Å². The molecule has 1 aromatic heterocycles. The van der Waals surface area contributed by atoms with E-state index in [2.05, 4.69) is 10.6 Å². The van der Waals surface area contributed by atoms with Crippen LogP contribution in [0.1, 0.15) is 24.0 Å². The number of furan rings is 1. The number of amides is 4. The number of hydrogen-bond donors (Lipinski definition) is 2. The van der Waals surface area contributed by atoms with E-state index >= 15 is 0 Å². The van der Waals surface area contributed by atoms with Crippen molar-refractivity contribution in [1.82, 2.24) is 10.2 Å². The molecule has 2 heterocycles. The fourth-order valence-electron chi connectivity index (χ4n) is 3.20. The summed E-state index contributed by atoms with van der Waals surface area (Å²) in [7, 11) is 1.52. The lowest BCUT2D eigenvalue weighted by Gasteiger charge is -2.21. The lowest BCUT2D eigenvalue weighted by molar-refractivity contribution is -0.133. The Morgan fingerprint density at radius 1 is 1.30 bits per heavy atom. The fourth-order valence-corrected chi connectivity index (χ4v) is 3.20. The van der Waals surface area contributed by atoms with Gasteiger partial charge in [-0.05, 0) is 39.0 Å². The Bertz CT molecular complexity index is 920. The molecule has 0 spiro atoms. The zero-order chi connectivity index (χ0) is 19.8. The zero-order valence-electron chi connectivity index (χ0n) is 15.6. The Morgan fingerprint density at radius 3 is 2.67 bits per heavy atom. The van der Waals surface area contributed by atoms with Crippen LogP contribution in [0.15, 0.2) is 34.7 Å². The summed E-state index contributed by atoms with van der Waals surface area (Å²) in [6, 6.07) is 7.89. The summed E-state index contributed by atoms with van der Waals surface area (Å²) < 4.78 is 10.6. The molecule has 3 rings (SSSR count). The average molecular weight is 371 g/mol. The molecule has 0 aliphatic carbocycles. The van der Waals surface area contributed by atoms with Crippen molar-refractivity contribution < 1.29 is 23.5 Å². The van der Waals surface area contributed by atoms with Crippen LogP contribution in [0.4, 0.5) is 10.5 Å². The molecule has 8 heteroatoms. The number of carbonyl (C=O) groups is 3. The number of methoxy groups -OCH3 is 1. The Morgan fingerprint density at radius 2 is 2.04 bits per heavy atom. The molecule has 0 unspecified atom stereocenters. The molecule has 1 fully saturated rings. The maximum absolute atomic E-state index is 12.9. The Balaban J connectivity index is 1.75. The van der Waals surface area contributed by atoms with E-state index in [1.54, 1.807) is 51.1 Å². The van der Waals surface area contributed by atoms with Crippen LogP contribution in [-0.2, 0) is 15.1 Å². The van der Waals surface area contributed by atoms with Crippen LogP contribution < -0.4 is 15.4 Å². The minimum Gasteiger partial charge on any atom is -0.497 e. The molecule has 1 atom stereocenters. The van der Waals surface area contributed by atoms with Crippen molar-refractivity contribution in [2.45, 2.75) is 26.3 Å². The van der Waals surface area contributed by atoms with Gasteiger partial charge in [0.15, 0.2) is 0 Å². The predicted molar refractivity (Wildman–Crippen MR) is 97.4 cm³/mol. The van der Waals surface area contributed by atoms with Gasteiger partial charge in [-0.1, -0.05) is 6.07 Å². The molecule has 0 radical (unpaired) electrons.